The van der Waals surface area contributed by atoms with Crippen molar-refractivity contribution in [2.75, 3.05) is 17.4 Å². The third-order valence-corrected chi connectivity index (χ3v) is 13.1. The Kier molecular flexibility index (Phi) is 6.94. The predicted octanol–water partition coefficient (Wildman–Crippen LogP) is 2.13. The van der Waals surface area contributed by atoms with Gasteiger partial charge in [-0.15, -0.1) is 0 Å². The standard InChI is InChI=1S/C22H32ClN5O8P2/c23-22-26-19(25-15-12-4-10-3-11(6-12)7-13(15)5-10)16-20(27-22)28(8-24-16)21-18(30)17(29)14(36-21)1-2-37(31,32)9-38(33,34)35/h8,10-15,17-18,21,29-30H,1-7,9H2,(H,31,32)(H,25,26,27)(H2,33,34,35)/t10?,11?,12?,13?,14-,15?,17?,18+,21-/m1/s1. The van der Waals surface area contributed by atoms with Gasteiger partial charge >= 0.3 is 7.60 Å². The molecule has 4 aliphatic carbocycles. The van der Waals surface area contributed by atoms with E-state index in [4.69, 9.17) is 26.1 Å². The van der Waals surface area contributed by atoms with E-state index >= 15 is 0 Å². The third-order valence-electron chi connectivity index (χ3n) is 8.70. The zero-order chi connectivity index (χ0) is 27.0. The van der Waals surface area contributed by atoms with Gasteiger partial charge in [0.25, 0.3) is 0 Å². The van der Waals surface area contributed by atoms with Crippen LogP contribution in [0.25, 0.3) is 11.2 Å². The van der Waals surface area contributed by atoms with Crippen molar-refractivity contribution in [1.29, 1.82) is 0 Å². The van der Waals surface area contributed by atoms with Gasteiger partial charge in [-0.25, -0.2) is 4.98 Å². The van der Waals surface area contributed by atoms with Crippen LogP contribution in [-0.4, -0.2) is 80.8 Å². The molecule has 7 rings (SSSR count). The van der Waals surface area contributed by atoms with Crippen LogP contribution in [0.3, 0.4) is 0 Å². The van der Waals surface area contributed by atoms with E-state index in [0.29, 0.717) is 28.8 Å². The number of fused-ring (bicyclic) bond motifs is 1. The fraction of sp³-hybridized carbons (Fsp3) is 0.773. The Labute approximate surface area is 223 Å². The van der Waals surface area contributed by atoms with E-state index in [2.05, 4.69) is 20.3 Å². The predicted molar refractivity (Wildman–Crippen MR) is 137 cm³/mol. The number of aliphatic hydroxyl groups is 2. The molecule has 0 radical (unpaired) electrons. The summed E-state index contributed by atoms with van der Waals surface area (Å²) in [4.78, 5) is 41.2. The maximum absolute atomic E-state index is 12.2. The van der Waals surface area contributed by atoms with E-state index in [9.17, 15) is 24.2 Å². The number of aliphatic hydroxyl groups excluding tert-OH is 2. The fourth-order valence-electron chi connectivity index (χ4n) is 7.38. The van der Waals surface area contributed by atoms with Crippen LogP contribution in [0.1, 0.15) is 44.8 Å². The van der Waals surface area contributed by atoms with Crippen LogP contribution in [-0.2, 0) is 13.9 Å². The van der Waals surface area contributed by atoms with Crippen LogP contribution in [0.4, 0.5) is 5.82 Å². The molecule has 1 aliphatic heterocycles. The number of imidazole rings is 1. The second-order valence-electron chi connectivity index (χ2n) is 11.5. The summed E-state index contributed by atoms with van der Waals surface area (Å²) in [6.07, 6.45) is 2.00. The highest BCUT2D eigenvalue weighted by Crippen LogP contribution is 2.56. The number of anilines is 1. The summed E-state index contributed by atoms with van der Waals surface area (Å²) in [5.41, 5.74) is 0.765. The van der Waals surface area contributed by atoms with E-state index < -0.39 is 51.6 Å². The van der Waals surface area contributed by atoms with Gasteiger partial charge in [0.15, 0.2) is 23.2 Å². The molecule has 5 atom stereocenters. The van der Waals surface area contributed by atoms with Crippen molar-refractivity contribution < 1.29 is 38.8 Å². The summed E-state index contributed by atoms with van der Waals surface area (Å²) < 4.78 is 30.6. The van der Waals surface area contributed by atoms with Crippen molar-refractivity contribution in [3.63, 3.8) is 0 Å². The molecule has 4 saturated carbocycles. The van der Waals surface area contributed by atoms with Crippen LogP contribution in [0.5, 0.6) is 0 Å². The minimum Gasteiger partial charge on any atom is -0.388 e. The van der Waals surface area contributed by atoms with Gasteiger partial charge in [-0.2, -0.15) is 9.97 Å². The molecule has 13 nitrogen and oxygen atoms in total. The number of hydrogen-bond acceptors (Lipinski definition) is 9. The van der Waals surface area contributed by atoms with Crippen LogP contribution in [0, 0.1) is 23.7 Å². The van der Waals surface area contributed by atoms with Crippen molar-refractivity contribution in [3.8, 4) is 0 Å². The molecule has 5 aliphatic rings. The maximum Gasteiger partial charge on any atom is 0.335 e. The fourth-order valence-corrected chi connectivity index (χ4v) is 11.1. The molecule has 210 valence electrons. The Hall–Kier alpha value is -1.14. The van der Waals surface area contributed by atoms with Gasteiger partial charge in [-0.3, -0.25) is 13.7 Å². The monoisotopic (exact) mass is 591 g/mol. The molecule has 2 aromatic heterocycles. The molecule has 6 N–H and O–H groups in total. The van der Waals surface area contributed by atoms with Crippen molar-refractivity contribution >= 4 is 43.5 Å². The van der Waals surface area contributed by atoms with Gasteiger partial charge in [0.1, 0.15) is 18.1 Å². The van der Waals surface area contributed by atoms with Crippen LogP contribution in [0.2, 0.25) is 5.28 Å². The Morgan fingerprint density at radius 1 is 1.03 bits per heavy atom. The summed E-state index contributed by atoms with van der Waals surface area (Å²) in [5.74, 6) is 2.17. The van der Waals surface area contributed by atoms with E-state index in [-0.39, 0.29) is 17.7 Å². The molecule has 38 heavy (non-hydrogen) atoms. The first-order valence-electron chi connectivity index (χ1n) is 12.9. The average Bonchev–Trinajstić information content (AvgIpc) is 3.33. The molecule has 3 heterocycles. The minimum atomic E-state index is -4.70. The molecule has 0 spiro atoms. The van der Waals surface area contributed by atoms with Gasteiger partial charge in [0.2, 0.25) is 12.7 Å². The molecule has 0 amide bonds. The Balaban J connectivity index is 1.21. The highest BCUT2D eigenvalue weighted by molar-refractivity contribution is 7.72. The Morgan fingerprint density at radius 2 is 1.68 bits per heavy atom. The number of hydrogen-bond donors (Lipinski definition) is 6. The normalized spacial score (nSPS) is 38.1. The van der Waals surface area contributed by atoms with Gasteiger partial charge in [-0.05, 0) is 73.8 Å². The molecule has 1 saturated heterocycles. The number of nitrogens with one attached hydrogen (secondary N) is 1. The van der Waals surface area contributed by atoms with Crippen molar-refractivity contribution in [3.05, 3.63) is 11.6 Å². The first-order chi connectivity index (χ1) is 17.9. The lowest BCUT2D eigenvalue weighted by Crippen LogP contribution is -2.51. The number of halogens is 1. The molecule has 2 unspecified atom stereocenters. The van der Waals surface area contributed by atoms with Crippen LogP contribution < -0.4 is 5.32 Å². The largest absolute Gasteiger partial charge is 0.388 e. The molecule has 0 aromatic carbocycles. The number of rotatable bonds is 8. The Morgan fingerprint density at radius 3 is 2.32 bits per heavy atom. The maximum atomic E-state index is 12.2. The van der Waals surface area contributed by atoms with Gasteiger partial charge in [0, 0.05) is 12.2 Å². The molecule has 16 heteroatoms. The first kappa shape index (κ1) is 27.1. The molecule has 5 fully saturated rings. The lowest BCUT2D eigenvalue weighted by molar-refractivity contribution is -0.0354. The Bertz CT molecular complexity index is 1290. The van der Waals surface area contributed by atoms with E-state index in [0.717, 1.165) is 11.8 Å². The van der Waals surface area contributed by atoms with Gasteiger partial charge in [0.05, 0.1) is 12.4 Å². The minimum absolute atomic E-state index is 0.00573. The highest BCUT2D eigenvalue weighted by Gasteiger charge is 2.49. The second-order valence-corrected chi connectivity index (χ2v) is 16.4. The van der Waals surface area contributed by atoms with Gasteiger partial charge < -0.3 is 34.9 Å². The van der Waals surface area contributed by atoms with Crippen molar-refractivity contribution in [2.24, 2.45) is 23.7 Å². The molecule has 4 bridgehead atoms. The zero-order valence-corrected chi connectivity index (χ0v) is 23.0. The zero-order valence-electron chi connectivity index (χ0n) is 20.5. The quantitative estimate of drug-likeness (QED) is 0.193. The van der Waals surface area contributed by atoms with Gasteiger partial charge in [-0.1, -0.05) is 0 Å². The van der Waals surface area contributed by atoms with E-state index in [1.165, 1.54) is 43.0 Å². The average molecular weight is 592 g/mol. The van der Waals surface area contributed by atoms with E-state index in [1.807, 2.05) is 0 Å². The number of nitrogens with zero attached hydrogens (tertiary/aromatic N) is 4. The van der Waals surface area contributed by atoms with Crippen molar-refractivity contribution in [2.45, 2.75) is 69.1 Å². The van der Waals surface area contributed by atoms with Crippen LogP contribution in [0.15, 0.2) is 6.33 Å². The smallest absolute Gasteiger partial charge is 0.335 e. The lowest BCUT2D eigenvalue weighted by atomic mass is 9.54. The summed E-state index contributed by atoms with van der Waals surface area (Å²) in [6.45, 7) is 0. The number of ether oxygens (including phenoxy) is 1. The molecular weight excluding hydrogens is 560 g/mol. The first-order valence-corrected chi connectivity index (χ1v) is 17.1. The summed E-state index contributed by atoms with van der Waals surface area (Å²) >= 11 is 6.30. The summed E-state index contributed by atoms with van der Waals surface area (Å²) in [5, 5.41) is 24.9. The highest BCUT2D eigenvalue weighted by atomic mass is 35.5. The van der Waals surface area contributed by atoms with E-state index in [1.54, 1.807) is 0 Å². The second kappa shape index (κ2) is 9.75. The van der Waals surface area contributed by atoms with Crippen molar-refractivity contribution in [1.82, 2.24) is 19.5 Å². The van der Waals surface area contributed by atoms with Crippen LogP contribution >= 0.6 is 26.6 Å². The topological polar surface area (TPSA) is 200 Å². The SMILES string of the molecule is O=P(O)(O)CP(=O)(O)CC[C@H]1O[C@@H](n2cnc3c(NC4C5CC6CC(C5)CC4C6)nc(Cl)nc32)[C@@H](O)C1O. The molecular formula is C22H32ClN5O8P2. The lowest BCUT2D eigenvalue weighted by Gasteiger charge is -2.54. The third kappa shape index (κ3) is 5.18. The summed E-state index contributed by atoms with van der Waals surface area (Å²) in [6, 6.07) is 0.281. The number of aromatic nitrogens is 4. The summed E-state index contributed by atoms with van der Waals surface area (Å²) in [7, 11) is -8.87. The molecule has 2 aromatic rings.